The van der Waals surface area contributed by atoms with Gasteiger partial charge >= 0.3 is 7.82 Å². The van der Waals surface area contributed by atoms with Crippen LogP contribution in [0.5, 0.6) is 11.5 Å². The lowest BCUT2D eigenvalue weighted by Crippen LogP contribution is -2.31. The molecule has 12 heteroatoms. The van der Waals surface area contributed by atoms with Crippen LogP contribution in [0.25, 0.3) is 10.9 Å². The molecule has 1 unspecified atom stereocenters. The lowest BCUT2D eigenvalue weighted by Gasteiger charge is -2.21. The van der Waals surface area contributed by atoms with Crippen LogP contribution in [0.1, 0.15) is 46.0 Å². The maximum atomic E-state index is 12.5. The highest BCUT2D eigenvalue weighted by Gasteiger charge is 2.34. The van der Waals surface area contributed by atoms with Crippen molar-refractivity contribution < 1.29 is 38.3 Å². The molecular formula is C25H30N3O8P. The fourth-order valence-corrected chi connectivity index (χ4v) is 4.24. The van der Waals surface area contributed by atoms with Crippen molar-refractivity contribution in [3.05, 3.63) is 59.3 Å². The van der Waals surface area contributed by atoms with Gasteiger partial charge in [0.1, 0.15) is 0 Å². The molecular weight excluding hydrogens is 501 g/mol. The average molecular weight is 532 g/mol. The van der Waals surface area contributed by atoms with Crippen LogP contribution >= 0.6 is 7.82 Å². The van der Waals surface area contributed by atoms with Gasteiger partial charge in [-0.2, -0.15) is 0 Å². The maximum Gasteiger partial charge on any atom is 0.466 e. The first-order chi connectivity index (χ1) is 17.5. The molecule has 37 heavy (non-hydrogen) atoms. The molecule has 4 N–H and O–H groups in total. The fourth-order valence-electron chi connectivity index (χ4n) is 4.24. The summed E-state index contributed by atoms with van der Waals surface area (Å²) in [5.74, 6) is 0.877. The number of nitrogens with zero attached hydrogens (tertiary/aromatic N) is 2. The molecule has 1 aliphatic rings. The Morgan fingerprint density at radius 3 is 2.19 bits per heavy atom. The summed E-state index contributed by atoms with van der Waals surface area (Å²) in [7, 11) is -1.40. The van der Waals surface area contributed by atoms with Crippen LogP contribution in [0.2, 0.25) is 0 Å². The second kappa shape index (κ2) is 11.7. The highest BCUT2D eigenvalue weighted by molar-refractivity contribution is 7.45. The van der Waals surface area contributed by atoms with Gasteiger partial charge in [-0.1, -0.05) is 12.1 Å². The highest BCUT2D eigenvalue weighted by atomic mass is 31.2. The van der Waals surface area contributed by atoms with Crippen molar-refractivity contribution in [3.8, 4) is 11.5 Å². The third-order valence-electron chi connectivity index (χ3n) is 5.86. The summed E-state index contributed by atoms with van der Waals surface area (Å²) in [6.07, 6.45) is 3.24. The predicted octanol–water partition coefficient (Wildman–Crippen LogP) is 3.51. The van der Waals surface area contributed by atoms with E-state index in [2.05, 4.69) is 17.2 Å². The third kappa shape index (κ3) is 6.64. The molecule has 4 rings (SSSR count). The molecule has 0 fully saturated rings. The number of anilines is 1. The van der Waals surface area contributed by atoms with E-state index in [0.717, 1.165) is 28.6 Å². The van der Waals surface area contributed by atoms with E-state index >= 15 is 0 Å². The van der Waals surface area contributed by atoms with Crippen molar-refractivity contribution in [2.75, 3.05) is 26.1 Å². The minimum Gasteiger partial charge on any atom is -0.493 e. The molecule has 0 radical (unpaired) electrons. The number of benzene rings is 2. The number of hydrogen-bond acceptors (Lipinski definition) is 7. The maximum absolute atomic E-state index is 12.5. The zero-order valence-corrected chi connectivity index (χ0v) is 21.9. The molecule has 0 aliphatic carbocycles. The predicted molar refractivity (Wildman–Crippen MR) is 138 cm³/mol. The molecule has 2 heterocycles. The van der Waals surface area contributed by atoms with Crippen LogP contribution in [-0.2, 0) is 4.57 Å². The Hall–Kier alpha value is -3.50. The minimum atomic E-state index is -4.64. The van der Waals surface area contributed by atoms with E-state index < -0.39 is 7.82 Å². The summed E-state index contributed by atoms with van der Waals surface area (Å²) in [6, 6.07) is 10.9. The number of aromatic nitrogens is 1. The molecule has 0 bridgehead atoms. The number of carbonyl (C=O) groups excluding carboxylic acids is 2. The second-order valence-electron chi connectivity index (χ2n) is 8.52. The molecule has 2 aromatic carbocycles. The quantitative estimate of drug-likeness (QED) is 0.250. The van der Waals surface area contributed by atoms with Gasteiger partial charge in [-0.25, -0.2) is 4.57 Å². The SMILES string of the molecule is COc1cc(NC(C)CCCN2C(=O)c3ccccc3C2=O)c2nccc(C)c2c1OC.O=P(O)(O)O. The number of aryl methyl sites for hydroxylation is 1. The molecule has 1 aliphatic heterocycles. The number of methoxy groups -OCH3 is 2. The fraction of sp³-hybridized carbons (Fsp3) is 0.320. The van der Waals surface area contributed by atoms with Crippen LogP contribution in [-0.4, -0.2) is 63.2 Å². The number of pyridine rings is 1. The standard InChI is InChI=1S/C25H27N3O4.H3O4P/c1-15-11-12-26-22-19(14-20(31-3)23(32-4)21(15)22)27-16(2)8-7-13-28-24(29)17-9-5-6-10-18(17)25(28)30;1-5(2,3)4/h5-6,9-12,14,16,27H,7-8,13H2,1-4H3;(H3,1,2,3,4). The summed E-state index contributed by atoms with van der Waals surface area (Å²) in [4.78, 5) is 52.6. The zero-order chi connectivity index (χ0) is 27.3. The lowest BCUT2D eigenvalue weighted by molar-refractivity contribution is 0.0651. The van der Waals surface area contributed by atoms with E-state index in [0.29, 0.717) is 35.6 Å². The first-order valence-corrected chi connectivity index (χ1v) is 13.0. The number of hydrogen-bond donors (Lipinski definition) is 4. The number of amides is 2. The number of ether oxygens (including phenoxy) is 2. The van der Waals surface area contributed by atoms with Gasteiger partial charge in [-0.05, 0) is 50.5 Å². The van der Waals surface area contributed by atoms with E-state index in [4.69, 9.17) is 28.7 Å². The van der Waals surface area contributed by atoms with Crippen molar-refractivity contribution in [2.24, 2.45) is 0 Å². The second-order valence-corrected chi connectivity index (χ2v) is 9.55. The Morgan fingerprint density at radius 1 is 1.05 bits per heavy atom. The Bertz CT molecular complexity index is 1310. The molecule has 198 valence electrons. The van der Waals surface area contributed by atoms with E-state index in [1.807, 2.05) is 19.1 Å². The van der Waals surface area contributed by atoms with E-state index in [-0.39, 0.29) is 17.9 Å². The Kier molecular flexibility index (Phi) is 8.88. The third-order valence-corrected chi connectivity index (χ3v) is 5.86. The molecule has 2 amide bonds. The highest BCUT2D eigenvalue weighted by Crippen LogP contribution is 2.41. The molecule has 0 spiro atoms. The van der Waals surface area contributed by atoms with Gasteiger partial charge in [0.2, 0.25) is 0 Å². The van der Waals surface area contributed by atoms with Crippen molar-refractivity contribution in [3.63, 3.8) is 0 Å². The Labute approximate surface area is 214 Å². The summed E-state index contributed by atoms with van der Waals surface area (Å²) >= 11 is 0. The number of rotatable bonds is 8. The smallest absolute Gasteiger partial charge is 0.466 e. The molecule has 0 saturated carbocycles. The van der Waals surface area contributed by atoms with Crippen molar-refractivity contribution >= 4 is 36.2 Å². The molecule has 11 nitrogen and oxygen atoms in total. The summed E-state index contributed by atoms with van der Waals surface area (Å²) in [5, 5.41) is 4.43. The molecule has 3 aromatic rings. The Balaban J connectivity index is 0.000000695. The van der Waals surface area contributed by atoms with Gasteiger partial charge < -0.3 is 29.5 Å². The molecule has 1 atom stereocenters. The number of fused-ring (bicyclic) bond motifs is 2. The lowest BCUT2D eigenvalue weighted by atomic mass is 10.1. The zero-order valence-electron chi connectivity index (χ0n) is 21.0. The van der Waals surface area contributed by atoms with E-state index in [9.17, 15) is 9.59 Å². The summed E-state index contributed by atoms with van der Waals surface area (Å²) in [5.41, 5.74) is 3.69. The Morgan fingerprint density at radius 2 is 1.65 bits per heavy atom. The van der Waals surface area contributed by atoms with Crippen molar-refractivity contribution in [1.29, 1.82) is 0 Å². The molecule has 1 aromatic heterocycles. The number of carbonyl (C=O) groups is 2. The van der Waals surface area contributed by atoms with Crippen LogP contribution in [0.4, 0.5) is 5.69 Å². The van der Waals surface area contributed by atoms with Crippen LogP contribution in [0.15, 0.2) is 42.6 Å². The number of nitrogens with one attached hydrogen (secondary N) is 1. The summed E-state index contributed by atoms with van der Waals surface area (Å²) < 4.78 is 20.0. The normalized spacial score (nSPS) is 13.6. The van der Waals surface area contributed by atoms with Crippen molar-refractivity contribution in [2.45, 2.75) is 32.7 Å². The number of phosphoric acid groups is 1. The van der Waals surface area contributed by atoms with Gasteiger partial charge in [0.25, 0.3) is 11.8 Å². The summed E-state index contributed by atoms with van der Waals surface area (Å²) in [6.45, 7) is 4.48. The van der Waals surface area contributed by atoms with Crippen LogP contribution in [0, 0.1) is 6.92 Å². The van der Waals surface area contributed by atoms with Gasteiger partial charge in [0.05, 0.1) is 41.9 Å². The van der Waals surface area contributed by atoms with Gasteiger partial charge in [0.15, 0.2) is 11.5 Å². The molecule has 0 saturated heterocycles. The van der Waals surface area contributed by atoms with Crippen LogP contribution in [0.3, 0.4) is 0 Å². The van der Waals surface area contributed by atoms with E-state index in [1.54, 1.807) is 44.7 Å². The first kappa shape index (κ1) is 28.1. The minimum absolute atomic E-state index is 0.0915. The largest absolute Gasteiger partial charge is 0.493 e. The van der Waals surface area contributed by atoms with Crippen molar-refractivity contribution in [1.82, 2.24) is 9.88 Å². The monoisotopic (exact) mass is 531 g/mol. The number of imide groups is 1. The van der Waals surface area contributed by atoms with E-state index in [1.165, 1.54) is 4.90 Å². The van der Waals surface area contributed by atoms with Gasteiger partial charge in [-0.15, -0.1) is 0 Å². The topological polar surface area (TPSA) is 159 Å². The van der Waals surface area contributed by atoms with Gasteiger partial charge in [0, 0.05) is 24.8 Å². The van der Waals surface area contributed by atoms with Crippen LogP contribution < -0.4 is 14.8 Å². The average Bonchev–Trinajstić information content (AvgIpc) is 3.08. The first-order valence-electron chi connectivity index (χ1n) is 11.5. The van der Waals surface area contributed by atoms with Gasteiger partial charge in [-0.3, -0.25) is 19.5 Å².